The Kier molecular flexibility index (Phi) is 4.63. The molecule has 1 aromatic carbocycles. The maximum Gasteiger partial charge on any atom is 0.202 e. The van der Waals surface area contributed by atoms with Gasteiger partial charge in [0.15, 0.2) is 29.1 Å². The first-order chi connectivity index (χ1) is 11.1. The van der Waals surface area contributed by atoms with E-state index in [4.69, 9.17) is 14.2 Å². The van der Waals surface area contributed by atoms with Crippen molar-refractivity contribution in [2.45, 2.75) is 31.7 Å². The fourth-order valence-corrected chi connectivity index (χ4v) is 2.47. The van der Waals surface area contributed by atoms with Crippen LogP contribution in [0.5, 0.6) is 23.0 Å². The molecular weight excluding hydrogens is 320 g/mol. The second-order valence-electron chi connectivity index (χ2n) is 5.68. The van der Waals surface area contributed by atoms with Gasteiger partial charge in [0.2, 0.25) is 5.78 Å². The van der Waals surface area contributed by atoms with Crippen LogP contribution in [0.3, 0.4) is 0 Å². The Hall–Kier alpha value is -2.45. The molecule has 0 bridgehead atoms. The molecule has 24 heavy (non-hydrogen) atoms. The molecule has 8 heteroatoms. The summed E-state index contributed by atoms with van der Waals surface area (Å²) in [5.41, 5.74) is -1.91. The van der Waals surface area contributed by atoms with E-state index in [-0.39, 0.29) is 28.6 Å². The molecule has 2 rings (SSSR count). The van der Waals surface area contributed by atoms with E-state index < -0.39 is 29.3 Å². The Bertz CT molecular complexity index is 692. The number of ketones is 1. The average Bonchev–Trinajstić information content (AvgIpc) is 2.54. The van der Waals surface area contributed by atoms with Crippen LogP contribution in [0, 0.1) is 6.92 Å². The van der Waals surface area contributed by atoms with E-state index in [2.05, 4.69) is 0 Å². The maximum absolute atomic E-state index is 12.2. The quantitative estimate of drug-likeness (QED) is 0.620. The van der Waals surface area contributed by atoms with Gasteiger partial charge >= 0.3 is 0 Å². The van der Waals surface area contributed by atoms with Crippen LogP contribution in [0.2, 0.25) is 0 Å². The van der Waals surface area contributed by atoms with Crippen molar-refractivity contribution in [3.05, 3.63) is 23.5 Å². The summed E-state index contributed by atoms with van der Waals surface area (Å²) in [5.74, 6) is -1.57. The van der Waals surface area contributed by atoms with Crippen molar-refractivity contribution in [2.75, 3.05) is 14.2 Å². The lowest BCUT2D eigenvalue weighted by Gasteiger charge is -2.38. The van der Waals surface area contributed by atoms with E-state index >= 15 is 0 Å². The van der Waals surface area contributed by atoms with Crippen molar-refractivity contribution >= 4 is 5.78 Å². The zero-order chi connectivity index (χ0) is 18.2. The molecule has 1 aliphatic carbocycles. The number of aliphatic hydroxyl groups is 2. The third-order valence-corrected chi connectivity index (χ3v) is 4.04. The van der Waals surface area contributed by atoms with E-state index in [9.17, 15) is 25.2 Å². The number of phenolic OH excluding ortho intramolecular Hbond substituents is 2. The predicted molar refractivity (Wildman–Crippen MR) is 82.2 cm³/mol. The molecule has 0 amide bonds. The number of rotatable bonds is 4. The van der Waals surface area contributed by atoms with Crippen LogP contribution in [0.25, 0.3) is 0 Å². The van der Waals surface area contributed by atoms with E-state index in [1.165, 1.54) is 34.1 Å². The molecule has 3 atom stereocenters. The summed E-state index contributed by atoms with van der Waals surface area (Å²) in [6.07, 6.45) is -1.96. The van der Waals surface area contributed by atoms with Crippen LogP contribution in [0.1, 0.15) is 12.5 Å². The first kappa shape index (κ1) is 17.9. The zero-order valence-electron chi connectivity index (χ0n) is 13.7. The molecule has 0 aromatic heterocycles. The predicted octanol–water partition coefficient (Wildman–Crippen LogP) is 0.387. The van der Waals surface area contributed by atoms with Gasteiger partial charge in [-0.2, -0.15) is 0 Å². The van der Waals surface area contributed by atoms with Crippen LogP contribution in [0.15, 0.2) is 17.9 Å². The minimum atomic E-state index is -2.00. The number of methoxy groups -OCH3 is 2. The summed E-state index contributed by atoms with van der Waals surface area (Å²) < 4.78 is 15.3. The molecule has 0 radical (unpaired) electrons. The molecule has 132 valence electrons. The molecule has 4 N–H and O–H groups in total. The Labute approximate surface area is 138 Å². The summed E-state index contributed by atoms with van der Waals surface area (Å²) in [7, 11) is 2.58. The number of aliphatic hydroxyl groups excluding tert-OH is 1. The van der Waals surface area contributed by atoms with Gasteiger partial charge in [-0.15, -0.1) is 0 Å². The van der Waals surface area contributed by atoms with Crippen LogP contribution in [-0.2, 0) is 9.53 Å². The molecule has 0 saturated heterocycles. The van der Waals surface area contributed by atoms with E-state index in [1.54, 1.807) is 0 Å². The highest BCUT2D eigenvalue weighted by molar-refractivity contribution is 5.96. The molecule has 1 aliphatic rings. The Morgan fingerprint density at radius 1 is 1.12 bits per heavy atom. The lowest BCUT2D eigenvalue weighted by molar-refractivity contribution is -0.155. The normalized spacial score (nSPS) is 26.8. The van der Waals surface area contributed by atoms with Gasteiger partial charge in [-0.1, -0.05) is 0 Å². The van der Waals surface area contributed by atoms with E-state index in [0.717, 1.165) is 6.08 Å². The summed E-state index contributed by atoms with van der Waals surface area (Å²) in [4.78, 5) is 12.2. The van der Waals surface area contributed by atoms with Crippen LogP contribution < -0.4 is 9.47 Å². The molecule has 0 fully saturated rings. The number of carbonyl (C=O) groups is 1. The van der Waals surface area contributed by atoms with Crippen LogP contribution >= 0.6 is 0 Å². The number of ether oxygens (including phenoxy) is 3. The van der Waals surface area contributed by atoms with Crippen molar-refractivity contribution in [3.63, 3.8) is 0 Å². The van der Waals surface area contributed by atoms with E-state index in [1.807, 2.05) is 0 Å². The molecule has 8 nitrogen and oxygen atoms in total. The minimum Gasteiger partial charge on any atom is -0.504 e. The number of phenols is 2. The number of benzene rings is 1. The van der Waals surface area contributed by atoms with Crippen molar-refractivity contribution in [3.8, 4) is 23.0 Å². The van der Waals surface area contributed by atoms with Gasteiger partial charge < -0.3 is 34.6 Å². The Morgan fingerprint density at radius 3 is 2.25 bits per heavy atom. The Morgan fingerprint density at radius 2 is 1.71 bits per heavy atom. The molecule has 0 aliphatic heterocycles. The second kappa shape index (κ2) is 6.21. The number of aromatic hydroxyl groups is 2. The average molecular weight is 340 g/mol. The topological polar surface area (TPSA) is 126 Å². The minimum absolute atomic E-state index is 0.0249. The summed E-state index contributed by atoms with van der Waals surface area (Å²) in [6.45, 7) is 2.65. The highest BCUT2D eigenvalue weighted by Gasteiger charge is 2.50. The summed E-state index contributed by atoms with van der Waals surface area (Å²) in [5, 5.41) is 40.6. The number of hydrogen-bond acceptors (Lipinski definition) is 8. The van der Waals surface area contributed by atoms with Crippen LogP contribution in [0.4, 0.5) is 0 Å². The highest BCUT2D eigenvalue weighted by Crippen LogP contribution is 2.44. The first-order valence-electron chi connectivity index (χ1n) is 7.11. The number of hydrogen-bond donors (Lipinski definition) is 4. The lowest BCUT2D eigenvalue weighted by atomic mass is 9.83. The third-order valence-electron chi connectivity index (χ3n) is 4.04. The van der Waals surface area contributed by atoms with Crippen LogP contribution in [-0.4, -0.2) is 58.2 Å². The second-order valence-corrected chi connectivity index (χ2v) is 5.68. The molecule has 0 spiro atoms. The van der Waals surface area contributed by atoms with Crippen molar-refractivity contribution in [1.29, 1.82) is 0 Å². The molecular formula is C16H20O8. The van der Waals surface area contributed by atoms with Gasteiger partial charge in [0, 0.05) is 17.7 Å². The van der Waals surface area contributed by atoms with Crippen molar-refractivity contribution in [2.24, 2.45) is 0 Å². The first-order valence-corrected chi connectivity index (χ1v) is 7.11. The smallest absolute Gasteiger partial charge is 0.202 e. The number of carbonyl (C=O) groups excluding carboxylic acids is 1. The molecule has 1 aromatic rings. The third kappa shape index (κ3) is 2.74. The van der Waals surface area contributed by atoms with Gasteiger partial charge in [0.05, 0.1) is 14.2 Å². The fraction of sp³-hybridized carbons (Fsp3) is 0.438. The maximum atomic E-state index is 12.2. The Balaban J connectivity index is 2.46. The molecule has 0 heterocycles. The van der Waals surface area contributed by atoms with Crippen molar-refractivity contribution in [1.82, 2.24) is 0 Å². The standard InChI is InChI=1S/C16H20O8/c1-7-12(18)9(22-3)6-10(13(7)19)24-15-8(17)5-11(23-4)14(20)16(15,2)21/h5-6,14-15,18-21H,1-4H3. The van der Waals surface area contributed by atoms with Gasteiger partial charge in [0.25, 0.3) is 0 Å². The lowest BCUT2D eigenvalue weighted by Crippen LogP contribution is -2.59. The monoisotopic (exact) mass is 340 g/mol. The van der Waals surface area contributed by atoms with Gasteiger partial charge in [-0.05, 0) is 13.8 Å². The molecule has 0 saturated carbocycles. The summed E-state index contributed by atoms with van der Waals surface area (Å²) in [6, 6.07) is 1.18. The van der Waals surface area contributed by atoms with Gasteiger partial charge in [-0.3, -0.25) is 4.79 Å². The largest absolute Gasteiger partial charge is 0.504 e. The molecule has 3 unspecified atom stereocenters. The van der Waals surface area contributed by atoms with Crippen molar-refractivity contribution < 1.29 is 39.4 Å². The SMILES string of the molecule is COC1=CC(=O)C(Oc2cc(OC)c(O)c(C)c2O)C(C)(O)C1O. The van der Waals surface area contributed by atoms with Gasteiger partial charge in [-0.25, -0.2) is 0 Å². The highest BCUT2D eigenvalue weighted by atomic mass is 16.5. The zero-order valence-corrected chi connectivity index (χ0v) is 13.7. The fourth-order valence-electron chi connectivity index (χ4n) is 2.47. The van der Waals surface area contributed by atoms with E-state index in [0.29, 0.717) is 0 Å². The summed E-state index contributed by atoms with van der Waals surface area (Å²) >= 11 is 0. The van der Waals surface area contributed by atoms with Gasteiger partial charge in [0.1, 0.15) is 17.5 Å².